The highest BCUT2D eigenvalue weighted by atomic mass is 16.5. The number of ether oxygens (including phenoxy) is 1. The predicted molar refractivity (Wildman–Crippen MR) is 76.0 cm³/mol. The second kappa shape index (κ2) is 5.76. The third kappa shape index (κ3) is 2.73. The average molecular weight is 289 g/mol. The SMILES string of the molecule is O=C(O)C1c2ccccc2OCCN1C(=O)CC1CCC1. The van der Waals surface area contributed by atoms with Gasteiger partial charge in [-0.25, -0.2) is 4.79 Å². The summed E-state index contributed by atoms with van der Waals surface area (Å²) in [7, 11) is 0. The number of para-hydroxylation sites is 1. The van der Waals surface area contributed by atoms with E-state index in [2.05, 4.69) is 0 Å². The van der Waals surface area contributed by atoms with Crippen molar-refractivity contribution in [2.24, 2.45) is 5.92 Å². The van der Waals surface area contributed by atoms with E-state index in [0.717, 1.165) is 12.8 Å². The summed E-state index contributed by atoms with van der Waals surface area (Å²) in [5.41, 5.74) is 0.560. The number of aliphatic carboxylic acids is 1. The van der Waals surface area contributed by atoms with Gasteiger partial charge in [0.15, 0.2) is 6.04 Å². The van der Waals surface area contributed by atoms with Crippen LogP contribution in [0.15, 0.2) is 24.3 Å². The minimum atomic E-state index is -1.00. The van der Waals surface area contributed by atoms with E-state index in [4.69, 9.17) is 4.74 Å². The van der Waals surface area contributed by atoms with Crippen molar-refractivity contribution >= 4 is 11.9 Å². The van der Waals surface area contributed by atoms with Crippen LogP contribution in [-0.2, 0) is 9.59 Å². The summed E-state index contributed by atoms with van der Waals surface area (Å²) >= 11 is 0. The summed E-state index contributed by atoms with van der Waals surface area (Å²) in [6.45, 7) is 0.647. The molecule has 1 unspecified atom stereocenters. The number of amides is 1. The fraction of sp³-hybridized carbons (Fsp3) is 0.500. The molecule has 5 nitrogen and oxygen atoms in total. The van der Waals surface area contributed by atoms with Crippen LogP contribution in [-0.4, -0.2) is 35.0 Å². The van der Waals surface area contributed by atoms with Crippen molar-refractivity contribution in [2.75, 3.05) is 13.2 Å². The molecule has 0 saturated heterocycles. The molecule has 0 aromatic heterocycles. The normalized spacial score (nSPS) is 21.7. The number of carboxylic acids is 1. The van der Waals surface area contributed by atoms with Gasteiger partial charge in [0, 0.05) is 12.0 Å². The molecule has 0 spiro atoms. The van der Waals surface area contributed by atoms with E-state index >= 15 is 0 Å². The molecule has 1 aliphatic heterocycles. The Labute approximate surface area is 123 Å². The molecule has 21 heavy (non-hydrogen) atoms. The highest BCUT2D eigenvalue weighted by molar-refractivity contribution is 5.85. The monoisotopic (exact) mass is 289 g/mol. The van der Waals surface area contributed by atoms with Crippen LogP contribution in [0.25, 0.3) is 0 Å². The van der Waals surface area contributed by atoms with Crippen molar-refractivity contribution < 1.29 is 19.4 Å². The maximum absolute atomic E-state index is 12.5. The van der Waals surface area contributed by atoms with Crippen LogP contribution in [0.5, 0.6) is 5.75 Å². The van der Waals surface area contributed by atoms with Crippen molar-refractivity contribution in [1.82, 2.24) is 4.90 Å². The Hall–Kier alpha value is -2.04. The van der Waals surface area contributed by atoms with Gasteiger partial charge in [0.2, 0.25) is 5.91 Å². The average Bonchev–Trinajstić information content (AvgIpc) is 2.61. The molecule has 0 bridgehead atoms. The topological polar surface area (TPSA) is 66.8 Å². The number of nitrogens with zero attached hydrogens (tertiary/aromatic N) is 1. The molecule has 0 radical (unpaired) electrons. The third-order valence-electron chi connectivity index (χ3n) is 4.36. The highest BCUT2D eigenvalue weighted by Gasteiger charge is 2.36. The zero-order chi connectivity index (χ0) is 14.8. The number of hydrogen-bond donors (Lipinski definition) is 1. The van der Waals surface area contributed by atoms with Crippen molar-refractivity contribution in [1.29, 1.82) is 0 Å². The zero-order valence-corrected chi connectivity index (χ0v) is 11.8. The van der Waals surface area contributed by atoms with Crippen LogP contribution < -0.4 is 4.74 Å². The van der Waals surface area contributed by atoms with E-state index in [-0.39, 0.29) is 5.91 Å². The Morgan fingerprint density at radius 2 is 2.05 bits per heavy atom. The molecule has 2 aliphatic rings. The fourth-order valence-electron chi connectivity index (χ4n) is 2.98. The summed E-state index contributed by atoms with van der Waals surface area (Å²) in [6, 6.07) is 6.12. The summed E-state index contributed by atoms with van der Waals surface area (Å²) < 4.78 is 5.60. The van der Waals surface area contributed by atoms with E-state index in [9.17, 15) is 14.7 Å². The lowest BCUT2D eigenvalue weighted by molar-refractivity contribution is -0.151. The van der Waals surface area contributed by atoms with Gasteiger partial charge in [0.25, 0.3) is 0 Å². The van der Waals surface area contributed by atoms with Gasteiger partial charge in [0.05, 0.1) is 6.54 Å². The van der Waals surface area contributed by atoms with Crippen LogP contribution in [0.3, 0.4) is 0 Å². The van der Waals surface area contributed by atoms with E-state index in [1.165, 1.54) is 11.3 Å². The lowest BCUT2D eigenvalue weighted by Crippen LogP contribution is -2.41. The first-order valence-electron chi connectivity index (χ1n) is 7.41. The molecule has 1 N–H and O–H groups in total. The lowest BCUT2D eigenvalue weighted by Gasteiger charge is -2.31. The van der Waals surface area contributed by atoms with Crippen LogP contribution in [0.1, 0.15) is 37.3 Å². The molecule has 1 saturated carbocycles. The Bertz CT molecular complexity index is 553. The van der Waals surface area contributed by atoms with Gasteiger partial charge in [-0.15, -0.1) is 0 Å². The molecule has 5 heteroatoms. The van der Waals surface area contributed by atoms with Crippen LogP contribution >= 0.6 is 0 Å². The number of carbonyl (C=O) groups excluding carboxylic acids is 1. The number of carboxylic acid groups (broad SMARTS) is 1. The number of benzene rings is 1. The lowest BCUT2D eigenvalue weighted by atomic mass is 9.82. The van der Waals surface area contributed by atoms with E-state index in [1.807, 2.05) is 6.07 Å². The molecule has 1 amide bonds. The zero-order valence-electron chi connectivity index (χ0n) is 11.8. The molecule has 1 aromatic carbocycles. The van der Waals surface area contributed by atoms with E-state index < -0.39 is 12.0 Å². The second-order valence-corrected chi connectivity index (χ2v) is 5.72. The molecular formula is C16H19NO4. The maximum Gasteiger partial charge on any atom is 0.331 e. The molecule has 1 fully saturated rings. The minimum absolute atomic E-state index is 0.0765. The first-order chi connectivity index (χ1) is 10.2. The van der Waals surface area contributed by atoms with Gasteiger partial charge in [-0.3, -0.25) is 4.79 Å². The molecule has 3 rings (SSSR count). The fourth-order valence-corrected chi connectivity index (χ4v) is 2.98. The molecule has 1 aliphatic carbocycles. The molecular weight excluding hydrogens is 270 g/mol. The van der Waals surface area contributed by atoms with Crippen LogP contribution in [0, 0.1) is 5.92 Å². The first-order valence-corrected chi connectivity index (χ1v) is 7.41. The molecule has 112 valence electrons. The van der Waals surface area contributed by atoms with Gasteiger partial charge >= 0.3 is 5.97 Å². The Morgan fingerprint density at radius 3 is 2.71 bits per heavy atom. The van der Waals surface area contributed by atoms with Crippen molar-refractivity contribution in [3.05, 3.63) is 29.8 Å². The summed E-state index contributed by atoms with van der Waals surface area (Å²) in [6.07, 6.45) is 3.77. The first kappa shape index (κ1) is 13.9. The largest absolute Gasteiger partial charge is 0.491 e. The molecule has 1 atom stereocenters. The maximum atomic E-state index is 12.5. The van der Waals surface area contributed by atoms with Crippen molar-refractivity contribution in [2.45, 2.75) is 31.7 Å². The van der Waals surface area contributed by atoms with E-state index in [0.29, 0.717) is 36.8 Å². The van der Waals surface area contributed by atoms with Crippen LogP contribution in [0.2, 0.25) is 0 Å². The van der Waals surface area contributed by atoms with Crippen molar-refractivity contribution in [3.8, 4) is 5.75 Å². The van der Waals surface area contributed by atoms with Crippen molar-refractivity contribution in [3.63, 3.8) is 0 Å². The smallest absolute Gasteiger partial charge is 0.331 e. The Kier molecular flexibility index (Phi) is 3.82. The minimum Gasteiger partial charge on any atom is -0.491 e. The number of carbonyl (C=O) groups is 2. The number of rotatable bonds is 3. The standard InChI is InChI=1S/C16H19NO4/c18-14(10-11-4-3-5-11)17-8-9-21-13-7-2-1-6-12(13)15(17)16(19)20/h1-2,6-7,11,15H,3-5,8-10H2,(H,19,20). The predicted octanol–water partition coefficient (Wildman–Crippen LogP) is 2.22. The van der Waals surface area contributed by atoms with Gasteiger partial charge in [-0.2, -0.15) is 0 Å². The Morgan fingerprint density at radius 1 is 1.29 bits per heavy atom. The van der Waals surface area contributed by atoms with Gasteiger partial charge < -0.3 is 14.7 Å². The van der Waals surface area contributed by atoms with Gasteiger partial charge in [-0.05, 0) is 24.8 Å². The number of hydrogen-bond acceptors (Lipinski definition) is 3. The van der Waals surface area contributed by atoms with E-state index in [1.54, 1.807) is 18.2 Å². The Balaban J connectivity index is 1.88. The van der Waals surface area contributed by atoms with Gasteiger partial charge in [-0.1, -0.05) is 24.6 Å². The molecule has 1 heterocycles. The van der Waals surface area contributed by atoms with Crippen LogP contribution in [0.4, 0.5) is 0 Å². The highest BCUT2D eigenvalue weighted by Crippen LogP contribution is 2.35. The summed E-state index contributed by atoms with van der Waals surface area (Å²) in [4.78, 5) is 25.7. The quantitative estimate of drug-likeness (QED) is 0.926. The molecule has 1 aromatic rings. The van der Waals surface area contributed by atoms with Gasteiger partial charge in [0.1, 0.15) is 12.4 Å². The summed E-state index contributed by atoms with van der Waals surface area (Å²) in [5, 5.41) is 9.59. The third-order valence-corrected chi connectivity index (χ3v) is 4.36. The summed E-state index contributed by atoms with van der Waals surface area (Å²) in [5.74, 6) is -0.0995. The number of fused-ring (bicyclic) bond motifs is 1. The second-order valence-electron chi connectivity index (χ2n) is 5.72.